The van der Waals surface area contributed by atoms with Crippen LogP contribution in [0.5, 0.6) is 0 Å². The smallest absolute Gasteiger partial charge is 0.136 e. The van der Waals surface area contributed by atoms with E-state index in [0.717, 1.165) is 30.4 Å². The number of halogens is 1. The van der Waals surface area contributed by atoms with Gasteiger partial charge >= 0.3 is 0 Å². The topological polar surface area (TPSA) is 16.1 Å². The number of aromatic nitrogens is 1. The number of pyridine rings is 1. The van der Waals surface area contributed by atoms with Crippen molar-refractivity contribution in [2.75, 3.05) is 18.0 Å². The summed E-state index contributed by atoms with van der Waals surface area (Å²) in [7, 11) is 0. The third kappa shape index (κ3) is 2.30. The molecule has 3 heteroatoms. The van der Waals surface area contributed by atoms with E-state index in [1.807, 2.05) is 6.20 Å². The van der Waals surface area contributed by atoms with Crippen molar-refractivity contribution in [3.05, 3.63) is 36.0 Å². The lowest BCUT2D eigenvalue weighted by atomic mass is 10.1. The van der Waals surface area contributed by atoms with Gasteiger partial charge in [-0.1, -0.05) is 37.6 Å². The zero-order chi connectivity index (χ0) is 13.2. The van der Waals surface area contributed by atoms with E-state index in [-0.39, 0.29) is 0 Å². The van der Waals surface area contributed by atoms with E-state index < -0.39 is 0 Å². The van der Waals surface area contributed by atoms with Gasteiger partial charge in [0.15, 0.2) is 0 Å². The molecule has 0 radical (unpaired) electrons. The summed E-state index contributed by atoms with van der Waals surface area (Å²) in [6, 6.07) is 8.46. The maximum absolute atomic E-state index is 6.01. The van der Waals surface area contributed by atoms with Gasteiger partial charge in [0.1, 0.15) is 5.82 Å². The second kappa shape index (κ2) is 5.38. The number of hydrogen-bond donors (Lipinski definition) is 0. The fourth-order valence-corrected chi connectivity index (χ4v) is 3.17. The summed E-state index contributed by atoms with van der Waals surface area (Å²) >= 11 is 6.01. The average molecular weight is 275 g/mol. The molecule has 0 amide bonds. The van der Waals surface area contributed by atoms with Gasteiger partial charge in [0.25, 0.3) is 0 Å². The van der Waals surface area contributed by atoms with Gasteiger partial charge in [-0.2, -0.15) is 0 Å². The third-order valence-electron chi connectivity index (χ3n) is 4.16. The lowest BCUT2D eigenvalue weighted by molar-refractivity contribution is 0.569. The second-order valence-corrected chi connectivity index (χ2v) is 5.56. The average Bonchev–Trinajstić information content (AvgIpc) is 2.95. The van der Waals surface area contributed by atoms with Crippen LogP contribution in [0.25, 0.3) is 10.8 Å². The van der Waals surface area contributed by atoms with Gasteiger partial charge in [0.05, 0.1) is 0 Å². The highest BCUT2D eigenvalue weighted by atomic mass is 35.5. The van der Waals surface area contributed by atoms with Crippen LogP contribution in [0.2, 0.25) is 0 Å². The van der Waals surface area contributed by atoms with Crippen LogP contribution in [-0.4, -0.2) is 18.1 Å². The Bertz CT molecular complexity index is 582. The van der Waals surface area contributed by atoms with Gasteiger partial charge in [-0.05, 0) is 23.3 Å². The van der Waals surface area contributed by atoms with Crippen LogP contribution >= 0.6 is 11.6 Å². The Kier molecular flexibility index (Phi) is 3.61. The summed E-state index contributed by atoms with van der Waals surface area (Å²) in [5, 5.41) is 2.47. The van der Waals surface area contributed by atoms with Gasteiger partial charge in [0.2, 0.25) is 0 Å². The Labute approximate surface area is 119 Å². The van der Waals surface area contributed by atoms with Gasteiger partial charge in [-0.15, -0.1) is 11.6 Å². The first-order valence-corrected chi connectivity index (χ1v) is 7.54. The second-order valence-electron chi connectivity index (χ2n) is 5.30. The van der Waals surface area contributed by atoms with Crippen molar-refractivity contribution in [3.8, 4) is 0 Å². The van der Waals surface area contributed by atoms with E-state index in [4.69, 9.17) is 11.6 Å². The van der Waals surface area contributed by atoms with Crippen molar-refractivity contribution in [2.45, 2.75) is 25.6 Å². The maximum atomic E-state index is 6.01. The number of anilines is 1. The number of alkyl halides is 1. The van der Waals surface area contributed by atoms with Crippen molar-refractivity contribution in [2.24, 2.45) is 5.92 Å². The van der Waals surface area contributed by atoms with E-state index >= 15 is 0 Å². The molecule has 3 rings (SSSR count). The first-order valence-electron chi connectivity index (χ1n) is 7.01. The number of fused-ring (bicyclic) bond motifs is 1. The molecule has 1 aromatic heterocycles. The molecule has 1 unspecified atom stereocenters. The van der Waals surface area contributed by atoms with Crippen molar-refractivity contribution in [3.63, 3.8) is 0 Å². The zero-order valence-corrected chi connectivity index (χ0v) is 12.0. The van der Waals surface area contributed by atoms with Crippen LogP contribution in [0.15, 0.2) is 30.5 Å². The number of benzene rings is 1. The Balaban J connectivity index is 2.05. The summed E-state index contributed by atoms with van der Waals surface area (Å²) in [4.78, 5) is 7.10. The quantitative estimate of drug-likeness (QED) is 0.780. The lowest BCUT2D eigenvalue weighted by Gasteiger charge is -2.20. The van der Waals surface area contributed by atoms with Crippen LogP contribution < -0.4 is 4.90 Å². The predicted molar refractivity (Wildman–Crippen MR) is 81.9 cm³/mol. The number of nitrogens with zero attached hydrogens (tertiary/aromatic N) is 2. The van der Waals surface area contributed by atoms with Gasteiger partial charge in [-0.3, -0.25) is 0 Å². The van der Waals surface area contributed by atoms with Gasteiger partial charge < -0.3 is 4.90 Å². The van der Waals surface area contributed by atoms with Crippen molar-refractivity contribution < 1.29 is 0 Å². The zero-order valence-electron chi connectivity index (χ0n) is 11.3. The van der Waals surface area contributed by atoms with Crippen LogP contribution in [-0.2, 0) is 5.88 Å². The largest absolute Gasteiger partial charge is 0.356 e. The molecule has 1 aliphatic heterocycles. The summed E-state index contributed by atoms with van der Waals surface area (Å²) in [5.41, 5.74) is 1.12. The molecule has 1 aliphatic rings. The molecule has 100 valence electrons. The lowest BCUT2D eigenvalue weighted by Crippen LogP contribution is -2.21. The standard InChI is InChI=1S/C16H19ClN2/c1-2-12-7-8-19(11-12)16-15-6-4-3-5-14(15)13(9-17)10-18-16/h3-6,10,12H,2,7-9,11H2,1H3. The minimum absolute atomic E-state index is 0.519. The predicted octanol–water partition coefficient (Wildman–Crippen LogP) is 4.21. The third-order valence-corrected chi connectivity index (χ3v) is 4.45. The molecular weight excluding hydrogens is 256 g/mol. The summed E-state index contributed by atoms with van der Waals surface area (Å²) in [5.74, 6) is 2.46. The van der Waals surface area contributed by atoms with Gasteiger partial charge in [0, 0.05) is 30.6 Å². The summed E-state index contributed by atoms with van der Waals surface area (Å²) in [6.45, 7) is 4.53. The van der Waals surface area contributed by atoms with Crippen molar-refractivity contribution in [1.29, 1.82) is 0 Å². The van der Waals surface area contributed by atoms with Crippen molar-refractivity contribution in [1.82, 2.24) is 4.98 Å². The minimum Gasteiger partial charge on any atom is -0.356 e. The molecule has 1 aromatic carbocycles. The molecule has 0 aliphatic carbocycles. The molecule has 1 atom stereocenters. The Morgan fingerprint density at radius 3 is 2.79 bits per heavy atom. The Morgan fingerprint density at radius 2 is 2.11 bits per heavy atom. The molecule has 0 saturated carbocycles. The highest BCUT2D eigenvalue weighted by Gasteiger charge is 2.23. The normalized spacial score (nSPS) is 19.3. The molecule has 0 bridgehead atoms. The van der Waals surface area contributed by atoms with E-state index in [1.54, 1.807) is 0 Å². The maximum Gasteiger partial charge on any atom is 0.136 e. The molecular formula is C16H19ClN2. The van der Waals surface area contributed by atoms with E-state index in [1.165, 1.54) is 23.6 Å². The Morgan fingerprint density at radius 1 is 1.32 bits per heavy atom. The molecule has 0 N–H and O–H groups in total. The number of rotatable bonds is 3. The first kappa shape index (κ1) is 12.7. The van der Waals surface area contributed by atoms with Crippen LogP contribution in [0.4, 0.5) is 5.82 Å². The fraction of sp³-hybridized carbons (Fsp3) is 0.438. The first-order chi connectivity index (χ1) is 9.33. The van der Waals surface area contributed by atoms with Crippen molar-refractivity contribution >= 4 is 28.2 Å². The van der Waals surface area contributed by atoms with Crippen LogP contribution in [0.1, 0.15) is 25.3 Å². The SMILES string of the molecule is CCC1CCN(c2ncc(CCl)c3ccccc23)C1. The highest BCUT2D eigenvalue weighted by Crippen LogP contribution is 2.31. The molecule has 1 fully saturated rings. The molecule has 2 aromatic rings. The van der Waals surface area contributed by atoms with E-state index in [2.05, 4.69) is 41.1 Å². The van der Waals surface area contributed by atoms with E-state index in [9.17, 15) is 0 Å². The molecule has 2 heterocycles. The summed E-state index contributed by atoms with van der Waals surface area (Å²) < 4.78 is 0. The fourth-order valence-electron chi connectivity index (χ4n) is 2.95. The Hall–Kier alpha value is -1.28. The molecule has 2 nitrogen and oxygen atoms in total. The molecule has 0 spiro atoms. The highest BCUT2D eigenvalue weighted by molar-refractivity contribution is 6.18. The van der Waals surface area contributed by atoms with Crippen LogP contribution in [0, 0.1) is 5.92 Å². The number of hydrogen-bond acceptors (Lipinski definition) is 2. The minimum atomic E-state index is 0.519. The molecule has 1 saturated heterocycles. The van der Waals surface area contributed by atoms with Gasteiger partial charge in [-0.25, -0.2) is 4.98 Å². The summed E-state index contributed by atoms with van der Waals surface area (Å²) in [6.07, 6.45) is 4.47. The molecule has 19 heavy (non-hydrogen) atoms. The monoisotopic (exact) mass is 274 g/mol. The van der Waals surface area contributed by atoms with Crippen LogP contribution in [0.3, 0.4) is 0 Å². The van der Waals surface area contributed by atoms with E-state index in [0.29, 0.717) is 5.88 Å².